The van der Waals surface area contributed by atoms with Crippen LogP contribution in [0.5, 0.6) is 5.75 Å². The number of benzene rings is 1. The molecular formula is C14H20N2O3. The van der Waals surface area contributed by atoms with Gasteiger partial charge in [0.1, 0.15) is 5.75 Å². The normalized spacial score (nSPS) is 22.8. The van der Waals surface area contributed by atoms with Gasteiger partial charge < -0.3 is 20.9 Å². The second-order valence-electron chi connectivity index (χ2n) is 4.88. The SMILES string of the molecule is COc1ccc(C(=O)N[C@H]2CCCC[C@@H]2O)c(N)c1. The van der Waals surface area contributed by atoms with Crippen LogP contribution in [0.4, 0.5) is 5.69 Å². The third-order valence-electron chi connectivity index (χ3n) is 3.55. The van der Waals surface area contributed by atoms with Gasteiger partial charge in [0.05, 0.1) is 24.8 Å². The van der Waals surface area contributed by atoms with Crippen LogP contribution in [0.3, 0.4) is 0 Å². The molecule has 0 aliphatic heterocycles. The van der Waals surface area contributed by atoms with E-state index in [1.165, 1.54) is 0 Å². The van der Waals surface area contributed by atoms with Crippen LogP contribution in [0.1, 0.15) is 36.0 Å². The van der Waals surface area contributed by atoms with Crippen LogP contribution in [0, 0.1) is 0 Å². The van der Waals surface area contributed by atoms with Crippen molar-refractivity contribution in [2.45, 2.75) is 37.8 Å². The van der Waals surface area contributed by atoms with E-state index in [2.05, 4.69) is 5.32 Å². The van der Waals surface area contributed by atoms with Crippen molar-refractivity contribution in [1.82, 2.24) is 5.32 Å². The van der Waals surface area contributed by atoms with Gasteiger partial charge in [-0.15, -0.1) is 0 Å². The summed E-state index contributed by atoms with van der Waals surface area (Å²) in [5, 5.41) is 12.7. The number of amides is 1. The first-order valence-electron chi connectivity index (χ1n) is 6.54. The molecule has 1 saturated carbocycles. The summed E-state index contributed by atoms with van der Waals surface area (Å²) in [6, 6.07) is 4.77. The van der Waals surface area contributed by atoms with Crippen LogP contribution < -0.4 is 15.8 Å². The standard InChI is InChI=1S/C14H20N2O3/c1-19-9-6-7-10(11(15)8-9)14(18)16-12-4-2-3-5-13(12)17/h6-8,12-13,17H,2-5,15H2,1H3,(H,16,18)/t12-,13-/m0/s1. The molecule has 104 valence electrons. The molecule has 2 atom stereocenters. The second-order valence-corrected chi connectivity index (χ2v) is 4.88. The van der Waals surface area contributed by atoms with E-state index in [-0.39, 0.29) is 11.9 Å². The summed E-state index contributed by atoms with van der Waals surface area (Å²) >= 11 is 0. The Morgan fingerprint density at radius 3 is 2.79 bits per heavy atom. The Morgan fingerprint density at radius 2 is 2.16 bits per heavy atom. The number of aliphatic hydroxyl groups is 1. The fourth-order valence-corrected chi connectivity index (χ4v) is 2.40. The van der Waals surface area contributed by atoms with Crippen LogP contribution in [-0.4, -0.2) is 30.3 Å². The summed E-state index contributed by atoms with van der Waals surface area (Å²) in [5.41, 5.74) is 6.63. The molecule has 0 aromatic heterocycles. The average Bonchev–Trinajstić information content (AvgIpc) is 2.41. The van der Waals surface area contributed by atoms with Crippen molar-refractivity contribution in [1.29, 1.82) is 0 Å². The number of carbonyl (C=O) groups excluding carboxylic acids is 1. The van der Waals surface area contributed by atoms with Gasteiger partial charge in [0.2, 0.25) is 0 Å². The number of nitrogens with one attached hydrogen (secondary N) is 1. The van der Waals surface area contributed by atoms with Gasteiger partial charge in [0.15, 0.2) is 0 Å². The third-order valence-corrected chi connectivity index (χ3v) is 3.55. The average molecular weight is 264 g/mol. The van der Waals surface area contributed by atoms with Gasteiger partial charge in [0.25, 0.3) is 5.91 Å². The summed E-state index contributed by atoms with van der Waals surface area (Å²) in [7, 11) is 1.55. The zero-order valence-electron chi connectivity index (χ0n) is 11.1. The first-order valence-corrected chi connectivity index (χ1v) is 6.54. The van der Waals surface area contributed by atoms with Gasteiger partial charge in [-0.2, -0.15) is 0 Å². The molecule has 2 rings (SSSR count). The highest BCUT2D eigenvalue weighted by molar-refractivity contribution is 5.99. The third kappa shape index (κ3) is 3.17. The Morgan fingerprint density at radius 1 is 1.42 bits per heavy atom. The smallest absolute Gasteiger partial charge is 0.253 e. The molecule has 1 aliphatic rings. The second kappa shape index (κ2) is 5.93. The predicted octanol–water partition coefficient (Wildman–Crippen LogP) is 1.31. The molecule has 5 heteroatoms. The molecule has 0 unspecified atom stereocenters. The lowest BCUT2D eigenvalue weighted by Gasteiger charge is -2.28. The van der Waals surface area contributed by atoms with Crippen LogP contribution in [0.25, 0.3) is 0 Å². The Hall–Kier alpha value is -1.75. The minimum Gasteiger partial charge on any atom is -0.497 e. The van der Waals surface area contributed by atoms with E-state index in [0.29, 0.717) is 17.0 Å². The predicted molar refractivity (Wildman–Crippen MR) is 73.1 cm³/mol. The number of rotatable bonds is 3. The lowest BCUT2D eigenvalue weighted by atomic mass is 9.92. The molecule has 0 heterocycles. The molecule has 1 aromatic carbocycles. The summed E-state index contributed by atoms with van der Waals surface area (Å²) in [4.78, 5) is 12.1. The molecule has 1 fully saturated rings. The van der Waals surface area contributed by atoms with Gasteiger partial charge in [-0.3, -0.25) is 4.79 Å². The zero-order chi connectivity index (χ0) is 13.8. The number of nitrogens with two attached hydrogens (primary N) is 1. The summed E-state index contributed by atoms with van der Waals surface area (Å²) in [5.74, 6) is 0.373. The highest BCUT2D eigenvalue weighted by atomic mass is 16.5. The Labute approximate surface area is 112 Å². The summed E-state index contributed by atoms with van der Waals surface area (Å²) in [6.07, 6.45) is 3.13. The van der Waals surface area contributed by atoms with Crippen molar-refractivity contribution < 1.29 is 14.6 Å². The first kappa shape index (κ1) is 13.7. The quantitative estimate of drug-likeness (QED) is 0.719. The fraction of sp³-hybridized carbons (Fsp3) is 0.500. The molecule has 1 amide bonds. The van der Waals surface area contributed by atoms with Crippen molar-refractivity contribution in [3.8, 4) is 5.75 Å². The van der Waals surface area contributed by atoms with E-state index < -0.39 is 6.10 Å². The maximum Gasteiger partial charge on any atom is 0.253 e. The fourth-order valence-electron chi connectivity index (χ4n) is 2.40. The first-order chi connectivity index (χ1) is 9.11. The molecule has 4 N–H and O–H groups in total. The Bertz CT molecular complexity index is 462. The van der Waals surface area contributed by atoms with Gasteiger partial charge in [-0.1, -0.05) is 12.8 Å². The Balaban J connectivity index is 2.07. The van der Waals surface area contributed by atoms with Gasteiger partial charge in [0, 0.05) is 11.8 Å². The summed E-state index contributed by atoms with van der Waals surface area (Å²) < 4.78 is 5.05. The Kier molecular flexibility index (Phi) is 4.27. The largest absolute Gasteiger partial charge is 0.497 e. The van der Waals surface area contributed by atoms with E-state index in [4.69, 9.17) is 10.5 Å². The monoisotopic (exact) mass is 264 g/mol. The minimum atomic E-state index is -0.461. The van der Waals surface area contributed by atoms with Crippen LogP contribution >= 0.6 is 0 Å². The molecule has 0 radical (unpaired) electrons. The molecule has 5 nitrogen and oxygen atoms in total. The van der Waals surface area contributed by atoms with Crippen LogP contribution in [0.15, 0.2) is 18.2 Å². The number of carbonyl (C=O) groups is 1. The number of ether oxygens (including phenoxy) is 1. The highest BCUT2D eigenvalue weighted by Gasteiger charge is 2.25. The van der Waals surface area contributed by atoms with Crippen molar-refractivity contribution in [3.63, 3.8) is 0 Å². The van der Waals surface area contributed by atoms with Gasteiger partial charge in [-0.05, 0) is 25.0 Å². The number of nitrogen functional groups attached to an aromatic ring is 1. The number of hydrogen-bond donors (Lipinski definition) is 3. The van der Waals surface area contributed by atoms with Crippen molar-refractivity contribution in [3.05, 3.63) is 23.8 Å². The molecule has 0 bridgehead atoms. The van der Waals surface area contributed by atoms with Crippen molar-refractivity contribution in [2.75, 3.05) is 12.8 Å². The molecule has 19 heavy (non-hydrogen) atoms. The number of methoxy groups -OCH3 is 1. The maximum atomic E-state index is 12.1. The van der Waals surface area contributed by atoms with Gasteiger partial charge >= 0.3 is 0 Å². The molecule has 1 aromatic rings. The number of anilines is 1. The lowest BCUT2D eigenvalue weighted by molar-refractivity contribution is 0.0718. The van der Waals surface area contributed by atoms with Crippen LogP contribution in [0.2, 0.25) is 0 Å². The van der Waals surface area contributed by atoms with E-state index in [9.17, 15) is 9.90 Å². The van der Waals surface area contributed by atoms with E-state index in [1.807, 2.05) is 0 Å². The van der Waals surface area contributed by atoms with Gasteiger partial charge in [-0.25, -0.2) is 0 Å². The summed E-state index contributed by atoms with van der Waals surface area (Å²) in [6.45, 7) is 0. The topological polar surface area (TPSA) is 84.6 Å². The number of aliphatic hydroxyl groups excluding tert-OH is 1. The van der Waals surface area contributed by atoms with E-state index >= 15 is 0 Å². The highest BCUT2D eigenvalue weighted by Crippen LogP contribution is 2.22. The number of hydrogen-bond acceptors (Lipinski definition) is 4. The van der Waals surface area contributed by atoms with Crippen molar-refractivity contribution >= 4 is 11.6 Å². The lowest BCUT2D eigenvalue weighted by Crippen LogP contribution is -2.45. The zero-order valence-corrected chi connectivity index (χ0v) is 11.1. The maximum absolute atomic E-state index is 12.1. The van der Waals surface area contributed by atoms with E-state index in [0.717, 1.165) is 25.7 Å². The molecular weight excluding hydrogens is 244 g/mol. The minimum absolute atomic E-state index is 0.178. The van der Waals surface area contributed by atoms with E-state index in [1.54, 1.807) is 25.3 Å². The molecule has 1 aliphatic carbocycles. The molecule has 0 spiro atoms. The van der Waals surface area contributed by atoms with Crippen molar-refractivity contribution in [2.24, 2.45) is 0 Å². The molecule has 0 saturated heterocycles. The van der Waals surface area contributed by atoms with Crippen LogP contribution in [-0.2, 0) is 0 Å².